The van der Waals surface area contributed by atoms with Crippen molar-refractivity contribution in [1.29, 1.82) is 0 Å². The standard InChI is InChI=1S/C19H17N3O2/c1-19(18(20)24,14-8-3-2-4-9-14)22-17(23)16-15-10-6-5-7-13(15)11-12-21-16/h2-12H,1H3,(H2,20,24)(H,22,23)/t19-/m1/s1. The van der Waals surface area contributed by atoms with Crippen LogP contribution in [0.1, 0.15) is 23.0 Å². The summed E-state index contributed by atoms with van der Waals surface area (Å²) in [5, 5.41) is 4.36. The molecule has 0 aliphatic carbocycles. The second-order valence-corrected chi connectivity index (χ2v) is 5.69. The first-order valence-corrected chi connectivity index (χ1v) is 7.54. The van der Waals surface area contributed by atoms with Crippen molar-refractivity contribution >= 4 is 22.6 Å². The highest BCUT2D eigenvalue weighted by molar-refractivity contribution is 6.07. The summed E-state index contributed by atoms with van der Waals surface area (Å²) in [7, 11) is 0. The van der Waals surface area contributed by atoms with Crippen LogP contribution in [0.2, 0.25) is 0 Å². The van der Waals surface area contributed by atoms with Crippen LogP contribution in [0, 0.1) is 0 Å². The molecule has 1 aromatic heterocycles. The van der Waals surface area contributed by atoms with E-state index in [4.69, 9.17) is 5.73 Å². The summed E-state index contributed by atoms with van der Waals surface area (Å²) in [5.74, 6) is -1.08. The van der Waals surface area contributed by atoms with Crippen LogP contribution in [0.15, 0.2) is 66.9 Å². The van der Waals surface area contributed by atoms with Gasteiger partial charge in [0.2, 0.25) is 5.91 Å². The molecule has 24 heavy (non-hydrogen) atoms. The van der Waals surface area contributed by atoms with Crippen molar-refractivity contribution in [2.45, 2.75) is 12.5 Å². The zero-order valence-electron chi connectivity index (χ0n) is 13.2. The highest BCUT2D eigenvalue weighted by Gasteiger charge is 2.35. The van der Waals surface area contributed by atoms with E-state index in [1.165, 1.54) is 0 Å². The van der Waals surface area contributed by atoms with Gasteiger partial charge in [0.05, 0.1) is 0 Å². The normalized spacial score (nSPS) is 13.2. The van der Waals surface area contributed by atoms with E-state index in [0.29, 0.717) is 5.56 Å². The molecule has 3 aromatic rings. The average molecular weight is 319 g/mol. The van der Waals surface area contributed by atoms with E-state index >= 15 is 0 Å². The molecular formula is C19H17N3O2. The molecular weight excluding hydrogens is 302 g/mol. The lowest BCUT2D eigenvalue weighted by atomic mass is 9.91. The number of benzene rings is 2. The molecule has 1 heterocycles. The number of carbonyl (C=O) groups excluding carboxylic acids is 2. The first-order valence-electron chi connectivity index (χ1n) is 7.54. The van der Waals surface area contributed by atoms with Crippen LogP contribution in [0.5, 0.6) is 0 Å². The number of nitrogens with two attached hydrogens (primary N) is 1. The number of nitrogens with one attached hydrogen (secondary N) is 1. The van der Waals surface area contributed by atoms with E-state index in [-0.39, 0.29) is 5.69 Å². The van der Waals surface area contributed by atoms with E-state index < -0.39 is 17.4 Å². The van der Waals surface area contributed by atoms with Crippen molar-refractivity contribution < 1.29 is 9.59 Å². The molecule has 0 aliphatic heterocycles. The average Bonchev–Trinajstić information content (AvgIpc) is 2.61. The van der Waals surface area contributed by atoms with Gasteiger partial charge in [0.1, 0.15) is 11.2 Å². The minimum Gasteiger partial charge on any atom is -0.367 e. The van der Waals surface area contributed by atoms with Gasteiger partial charge in [-0.25, -0.2) is 0 Å². The first-order chi connectivity index (χ1) is 11.5. The third-order valence-electron chi connectivity index (χ3n) is 4.10. The Kier molecular flexibility index (Phi) is 4.00. The maximum Gasteiger partial charge on any atom is 0.271 e. The van der Waals surface area contributed by atoms with Gasteiger partial charge in [0.25, 0.3) is 5.91 Å². The van der Waals surface area contributed by atoms with Crippen molar-refractivity contribution in [3.63, 3.8) is 0 Å². The second-order valence-electron chi connectivity index (χ2n) is 5.69. The molecule has 0 saturated heterocycles. The predicted molar refractivity (Wildman–Crippen MR) is 92.2 cm³/mol. The molecule has 1 atom stereocenters. The summed E-state index contributed by atoms with van der Waals surface area (Å²) in [6.07, 6.45) is 1.57. The van der Waals surface area contributed by atoms with E-state index in [1.807, 2.05) is 36.4 Å². The molecule has 0 fully saturated rings. The van der Waals surface area contributed by atoms with Gasteiger partial charge < -0.3 is 11.1 Å². The Balaban J connectivity index is 2.02. The maximum atomic E-state index is 12.8. The van der Waals surface area contributed by atoms with Gasteiger partial charge in [-0.1, -0.05) is 54.6 Å². The van der Waals surface area contributed by atoms with Crippen LogP contribution in [-0.4, -0.2) is 16.8 Å². The maximum absolute atomic E-state index is 12.8. The lowest BCUT2D eigenvalue weighted by molar-refractivity contribution is -0.123. The summed E-state index contributed by atoms with van der Waals surface area (Å²) >= 11 is 0. The highest BCUT2D eigenvalue weighted by Crippen LogP contribution is 2.22. The molecule has 0 unspecified atom stereocenters. The molecule has 0 saturated carbocycles. The summed E-state index contributed by atoms with van der Waals surface area (Å²) in [6.45, 7) is 1.59. The lowest BCUT2D eigenvalue weighted by Crippen LogP contribution is -2.52. The zero-order chi connectivity index (χ0) is 17.2. The minimum absolute atomic E-state index is 0.261. The summed E-state index contributed by atoms with van der Waals surface area (Å²) in [4.78, 5) is 29.0. The van der Waals surface area contributed by atoms with Crippen LogP contribution in [0.3, 0.4) is 0 Å². The van der Waals surface area contributed by atoms with Gasteiger partial charge in [-0.2, -0.15) is 0 Å². The number of fused-ring (bicyclic) bond motifs is 1. The van der Waals surface area contributed by atoms with Crippen molar-refractivity contribution in [3.8, 4) is 0 Å². The summed E-state index contributed by atoms with van der Waals surface area (Å²) in [5.41, 5.74) is 5.12. The lowest BCUT2D eigenvalue weighted by Gasteiger charge is -2.28. The van der Waals surface area contributed by atoms with E-state index in [0.717, 1.165) is 10.8 Å². The molecule has 0 spiro atoms. The SMILES string of the molecule is C[C@](NC(=O)c1nccc2ccccc12)(C(N)=O)c1ccccc1. The van der Waals surface area contributed by atoms with Crippen LogP contribution < -0.4 is 11.1 Å². The molecule has 5 heteroatoms. The quantitative estimate of drug-likeness (QED) is 0.774. The topological polar surface area (TPSA) is 85.1 Å². The molecule has 0 radical (unpaired) electrons. The Morgan fingerprint density at radius 3 is 2.38 bits per heavy atom. The summed E-state index contributed by atoms with van der Waals surface area (Å²) < 4.78 is 0. The number of rotatable bonds is 4. The molecule has 120 valence electrons. The van der Waals surface area contributed by atoms with E-state index in [1.54, 1.807) is 37.4 Å². The molecule has 2 amide bonds. The van der Waals surface area contributed by atoms with Crippen LogP contribution in [0.4, 0.5) is 0 Å². The molecule has 0 bridgehead atoms. The largest absolute Gasteiger partial charge is 0.367 e. The van der Waals surface area contributed by atoms with Gasteiger partial charge >= 0.3 is 0 Å². The number of amides is 2. The van der Waals surface area contributed by atoms with E-state index in [2.05, 4.69) is 10.3 Å². The third kappa shape index (κ3) is 2.72. The van der Waals surface area contributed by atoms with Crippen LogP contribution in [-0.2, 0) is 10.3 Å². The predicted octanol–water partition coefficient (Wildman–Crippen LogP) is 2.37. The third-order valence-corrected chi connectivity index (χ3v) is 4.10. The van der Waals surface area contributed by atoms with E-state index in [9.17, 15) is 9.59 Å². The summed E-state index contributed by atoms with van der Waals surface area (Å²) in [6, 6.07) is 18.2. The zero-order valence-corrected chi connectivity index (χ0v) is 13.2. The van der Waals surface area contributed by atoms with Gasteiger partial charge in [-0.05, 0) is 23.9 Å². The van der Waals surface area contributed by atoms with Gasteiger partial charge in [0.15, 0.2) is 0 Å². The Bertz CT molecular complexity index is 903. The Morgan fingerprint density at radius 2 is 1.67 bits per heavy atom. The van der Waals surface area contributed by atoms with Crippen molar-refractivity contribution in [2.24, 2.45) is 5.73 Å². The molecule has 2 aromatic carbocycles. The van der Waals surface area contributed by atoms with Gasteiger partial charge in [0, 0.05) is 11.6 Å². The Hall–Kier alpha value is -3.21. The van der Waals surface area contributed by atoms with Crippen LogP contribution >= 0.6 is 0 Å². The fourth-order valence-corrected chi connectivity index (χ4v) is 2.63. The number of hydrogen-bond donors (Lipinski definition) is 2. The highest BCUT2D eigenvalue weighted by atomic mass is 16.2. The molecule has 5 nitrogen and oxygen atoms in total. The first kappa shape index (κ1) is 15.7. The number of nitrogens with zero attached hydrogens (tertiary/aromatic N) is 1. The van der Waals surface area contributed by atoms with Crippen LogP contribution in [0.25, 0.3) is 10.8 Å². The second kappa shape index (κ2) is 6.12. The fraction of sp³-hybridized carbons (Fsp3) is 0.105. The molecule has 0 aliphatic rings. The molecule has 3 N–H and O–H groups in total. The van der Waals surface area contributed by atoms with Crippen molar-refractivity contribution in [2.75, 3.05) is 0 Å². The fourth-order valence-electron chi connectivity index (χ4n) is 2.63. The van der Waals surface area contributed by atoms with Crippen molar-refractivity contribution in [3.05, 3.63) is 78.1 Å². The van der Waals surface area contributed by atoms with Gasteiger partial charge in [-0.15, -0.1) is 0 Å². The number of primary amides is 1. The van der Waals surface area contributed by atoms with Crippen molar-refractivity contribution in [1.82, 2.24) is 10.3 Å². The number of hydrogen-bond acceptors (Lipinski definition) is 3. The number of aromatic nitrogens is 1. The Labute approximate surface area is 139 Å². The number of carbonyl (C=O) groups is 2. The smallest absolute Gasteiger partial charge is 0.271 e. The minimum atomic E-state index is -1.32. The Morgan fingerprint density at radius 1 is 1.00 bits per heavy atom. The molecule has 3 rings (SSSR count). The number of pyridine rings is 1. The monoisotopic (exact) mass is 319 g/mol. The van der Waals surface area contributed by atoms with Gasteiger partial charge in [-0.3, -0.25) is 14.6 Å².